The van der Waals surface area contributed by atoms with Gasteiger partial charge in [-0.25, -0.2) is 22.7 Å². The van der Waals surface area contributed by atoms with E-state index in [0.717, 1.165) is 6.07 Å². The number of aromatic nitrogens is 2. The largest absolute Gasteiger partial charge is 0.481 e. The summed E-state index contributed by atoms with van der Waals surface area (Å²) in [5, 5.41) is 4.55. The number of methoxy groups -OCH3 is 2. The highest BCUT2D eigenvalue weighted by atomic mass is 32.2. The van der Waals surface area contributed by atoms with Crippen LogP contribution in [0.25, 0.3) is 0 Å². The lowest BCUT2D eigenvalue weighted by Crippen LogP contribution is -2.37. The molecule has 0 aliphatic rings. The molecular formula is C21H28N6O8S. The zero-order valence-corrected chi connectivity index (χ0v) is 21.3. The van der Waals surface area contributed by atoms with E-state index < -0.39 is 33.0 Å². The maximum absolute atomic E-state index is 13.2. The van der Waals surface area contributed by atoms with Crippen LogP contribution in [-0.2, 0) is 14.8 Å². The summed E-state index contributed by atoms with van der Waals surface area (Å²) in [5.41, 5.74) is -0.168. The number of hydrogen-bond donors (Lipinski definition) is 3. The summed E-state index contributed by atoms with van der Waals surface area (Å²) in [6.07, 6.45) is -0.821. The van der Waals surface area contributed by atoms with Crippen molar-refractivity contribution in [1.82, 2.24) is 19.6 Å². The second-order valence-corrected chi connectivity index (χ2v) is 8.52. The lowest BCUT2D eigenvalue weighted by molar-refractivity contribution is 0.0769. The van der Waals surface area contributed by atoms with Crippen LogP contribution in [0.2, 0.25) is 0 Å². The molecular weight excluding hydrogens is 496 g/mol. The minimum Gasteiger partial charge on any atom is -0.481 e. The first kappa shape index (κ1) is 28.1. The molecule has 1 aromatic carbocycles. The number of amides is 4. The fraction of sp³-hybridized carbons (Fsp3) is 0.381. The Kier molecular flexibility index (Phi) is 9.78. The van der Waals surface area contributed by atoms with E-state index in [4.69, 9.17) is 14.2 Å². The molecule has 4 amide bonds. The standard InChI is InChI=1S/C21H28N6O8S/c1-6-27(7-2)18(28)14-10-9-13(22-21(30)35-8-3)11-15(14)36(31,32)26-20(29)25-19-23-16(33-4)12-17(24-19)34-5/h9-12H,6-8H2,1-5H3,(H,22,30)(H2,23,24,25,26,29). The maximum Gasteiger partial charge on any atom is 0.411 e. The van der Waals surface area contributed by atoms with Gasteiger partial charge >= 0.3 is 12.1 Å². The Morgan fingerprint density at radius 1 is 0.944 bits per heavy atom. The van der Waals surface area contributed by atoms with Gasteiger partial charge in [-0.3, -0.25) is 15.4 Å². The molecule has 0 bridgehead atoms. The topological polar surface area (TPSA) is 178 Å². The minimum atomic E-state index is -4.63. The van der Waals surface area contributed by atoms with E-state index in [-0.39, 0.29) is 35.6 Å². The summed E-state index contributed by atoms with van der Waals surface area (Å²) in [7, 11) is -1.96. The summed E-state index contributed by atoms with van der Waals surface area (Å²) in [6.45, 7) is 5.81. The molecule has 3 N–H and O–H groups in total. The molecule has 0 unspecified atom stereocenters. The van der Waals surface area contributed by atoms with Gasteiger partial charge in [-0.2, -0.15) is 9.97 Å². The first-order valence-corrected chi connectivity index (χ1v) is 12.2. The molecule has 0 saturated carbocycles. The zero-order chi connectivity index (χ0) is 26.9. The van der Waals surface area contributed by atoms with Crippen molar-refractivity contribution in [1.29, 1.82) is 0 Å². The molecule has 2 aromatic rings. The van der Waals surface area contributed by atoms with E-state index in [1.807, 2.05) is 4.72 Å². The highest BCUT2D eigenvalue weighted by Crippen LogP contribution is 2.23. The van der Waals surface area contributed by atoms with E-state index in [0.29, 0.717) is 13.1 Å². The van der Waals surface area contributed by atoms with E-state index in [9.17, 15) is 22.8 Å². The Morgan fingerprint density at radius 3 is 2.08 bits per heavy atom. The number of ether oxygens (including phenoxy) is 3. The van der Waals surface area contributed by atoms with Crippen molar-refractivity contribution in [2.75, 3.05) is 44.5 Å². The van der Waals surface area contributed by atoms with Crippen molar-refractivity contribution in [2.24, 2.45) is 0 Å². The van der Waals surface area contributed by atoms with Crippen LogP contribution in [-0.4, -0.2) is 75.2 Å². The number of rotatable bonds is 10. The van der Waals surface area contributed by atoms with Crippen LogP contribution in [0.3, 0.4) is 0 Å². The highest BCUT2D eigenvalue weighted by molar-refractivity contribution is 7.90. The molecule has 0 atom stereocenters. The first-order chi connectivity index (χ1) is 17.1. The van der Waals surface area contributed by atoms with Gasteiger partial charge in [-0.15, -0.1) is 0 Å². The second-order valence-electron chi connectivity index (χ2n) is 6.87. The molecule has 2 rings (SSSR count). The number of hydrogen-bond acceptors (Lipinski definition) is 10. The average molecular weight is 525 g/mol. The molecule has 196 valence electrons. The van der Waals surface area contributed by atoms with E-state index >= 15 is 0 Å². The van der Waals surface area contributed by atoms with Gasteiger partial charge in [0.25, 0.3) is 15.9 Å². The predicted octanol–water partition coefficient (Wildman–Crippen LogP) is 2.05. The quantitative estimate of drug-likeness (QED) is 0.416. The fourth-order valence-corrected chi connectivity index (χ4v) is 4.07. The molecule has 0 aliphatic heterocycles. The van der Waals surface area contributed by atoms with Gasteiger partial charge in [0.1, 0.15) is 4.90 Å². The highest BCUT2D eigenvalue weighted by Gasteiger charge is 2.28. The SMILES string of the molecule is CCOC(=O)Nc1ccc(C(=O)N(CC)CC)c(S(=O)(=O)NC(=O)Nc2nc(OC)cc(OC)n2)c1. The van der Waals surface area contributed by atoms with Crippen LogP contribution in [0.5, 0.6) is 11.8 Å². The van der Waals surface area contributed by atoms with E-state index in [2.05, 4.69) is 20.6 Å². The summed E-state index contributed by atoms with van der Waals surface area (Å²) in [5.74, 6) is -0.755. The molecule has 15 heteroatoms. The van der Waals surface area contributed by atoms with Gasteiger partial charge in [0.2, 0.25) is 17.7 Å². The number of benzene rings is 1. The van der Waals surface area contributed by atoms with Gasteiger partial charge in [0.15, 0.2) is 0 Å². The Morgan fingerprint density at radius 2 is 1.56 bits per heavy atom. The van der Waals surface area contributed by atoms with Crippen LogP contribution in [0, 0.1) is 0 Å². The third-order valence-electron chi connectivity index (χ3n) is 4.62. The number of carbonyl (C=O) groups excluding carboxylic acids is 3. The number of carbonyl (C=O) groups is 3. The smallest absolute Gasteiger partial charge is 0.411 e. The molecule has 36 heavy (non-hydrogen) atoms. The number of sulfonamides is 1. The van der Waals surface area contributed by atoms with Gasteiger partial charge < -0.3 is 19.1 Å². The molecule has 1 aromatic heterocycles. The number of urea groups is 1. The van der Waals surface area contributed by atoms with Crippen LogP contribution in [0.1, 0.15) is 31.1 Å². The second kappa shape index (κ2) is 12.5. The number of nitrogens with zero attached hydrogens (tertiary/aromatic N) is 3. The predicted molar refractivity (Wildman–Crippen MR) is 129 cm³/mol. The summed E-state index contributed by atoms with van der Waals surface area (Å²) in [4.78, 5) is 46.0. The van der Waals surface area contributed by atoms with Gasteiger partial charge in [-0.05, 0) is 39.0 Å². The normalized spacial score (nSPS) is 10.7. The van der Waals surface area contributed by atoms with E-state index in [1.54, 1.807) is 20.8 Å². The number of nitrogens with one attached hydrogen (secondary N) is 3. The summed E-state index contributed by atoms with van der Waals surface area (Å²) in [6, 6.07) is 3.78. The van der Waals surface area contributed by atoms with Crippen molar-refractivity contribution >= 4 is 39.7 Å². The molecule has 14 nitrogen and oxygen atoms in total. The Hall–Kier alpha value is -4.14. The molecule has 0 saturated heterocycles. The average Bonchev–Trinajstić information content (AvgIpc) is 2.84. The molecule has 0 radical (unpaired) electrons. The molecule has 0 spiro atoms. The molecule has 0 fully saturated rings. The third kappa shape index (κ3) is 7.18. The fourth-order valence-electron chi connectivity index (χ4n) is 2.94. The van der Waals surface area contributed by atoms with Crippen molar-refractivity contribution < 1.29 is 37.0 Å². The van der Waals surface area contributed by atoms with Gasteiger partial charge in [0, 0.05) is 18.8 Å². The van der Waals surface area contributed by atoms with Crippen LogP contribution >= 0.6 is 0 Å². The zero-order valence-electron chi connectivity index (χ0n) is 20.4. The van der Waals surface area contributed by atoms with Crippen LogP contribution < -0.4 is 24.8 Å². The van der Waals surface area contributed by atoms with Crippen molar-refractivity contribution in [3.63, 3.8) is 0 Å². The lowest BCUT2D eigenvalue weighted by Gasteiger charge is -2.21. The number of anilines is 2. The molecule has 0 aliphatic carbocycles. The van der Waals surface area contributed by atoms with Gasteiger partial charge in [-0.1, -0.05) is 0 Å². The third-order valence-corrected chi connectivity index (χ3v) is 5.99. The Bertz CT molecular complexity index is 1190. The maximum atomic E-state index is 13.2. The van der Waals surface area contributed by atoms with Crippen LogP contribution in [0.4, 0.5) is 21.2 Å². The Balaban J connectivity index is 2.42. The van der Waals surface area contributed by atoms with Crippen molar-refractivity contribution in [3.8, 4) is 11.8 Å². The molecule has 1 heterocycles. The lowest BCUT2D eigenvalue weighted by atomic mass is 10.1. The van der Waals surface area contributed by atoms with Crippen LogP contribution in [0.15, 0.2) is 29.2 Å². The first-order valence-electron chi connectivity index (χ1n) is 10.8. The Labute approximate surface area is 208 Å². The van der Waals surface area contributed by atoms with Crippen molar-refractivity contribution in [2.45, 2.75) is 25.7 Å². The van der Waals surface area contributed by atoms with E-state index in [1.165, 1.54) is 37.3 Å². The summed E-state index contributed by atoms with van der Waals surface area (Å²) >= 11 is 0. The van der Waals surface area contributed by atoms with Gasteiger partial charge in [0.05, 0.1) is 32.5 Å². The minimum absolute atomic E-state index is 0.0335. The summed E-state index contributed by atoms with van der Waals surface area (Å²) < 4.78 is 43.0. The monoisotopic (exact) mass is 524 g/mol. The van der Waals surface area contributed by atoms with Crippen molar-refractivity contribution in [3.05, 3.63) is 29.8 Å².